The number of rotatable bonds is 13. The number of hydrogen-bond donors (Lipinski definition) is 1. The van der Waals surface area contributed by atoms with Crippen molar-refractivity contribution in [2.24, 2.45) is 0 Å². The van der Waals surface area contributed by atoms with Crippen molar-refractivity contribution < 1.29 is 32.6 Å². The van der Waals surface area contributed by atoms with Crippen LogP contribution in [0.25, 0.3) is 0 Å². The Hall–Kier alpha value is -0.0631. The van der Waals surface area contributed by atoms with Crippen LogP contribution in [0.5, 0.6) is 0 Å². The Morgan fingerprint density at radius 1 is 0.769 bits per heavy atom. The highest BCUT2D eigenvalue weighted by atomic mass is 28.4. The molecule has 8 heteroatoms. The molecule has 2 aliphatic rings. The van der Waals surface area contributed by atoms with Crippen LogP contribution < -0.4 is 0 Å². The summed E-state index contributed by atoms with van der Waals surface area (Å²) in [6.07, 6.45) is 7.88. The summed E-state index contributed by atoms with van der Waals surface area (Å²) in [6, 6.07) is 0.578. The van der Waals surface area contributed by atoms with Crippen molar-refractivity contribution in [2.45, 2.75) is 63.2 Å². The summed E-state index contributed by atoms with van der Waals surface area (Å²) in [4.78, 5) is 10.7. The average Bonchev–Trinajstić information content (AvgIpc) is 2.91. The zero-order valence-electron chi connectivity index (χ0n) is 16.2. The van der Waals surface area contributed by atoms with E-state index in [9.17, 15) is 4.80 Å². The first-order valence-electron chi connectivity index (χ1n) is 10.0. The van der Waals surface area contributed by atoms with Crippen molar-refractivity contribution in [3.05, 3.63) is 0 Å². The largest absolute Gasteiger partial charge is 0.498 e. The molecule has 2 unspecified atom stereocenters. The Bertz CT molecular complexity index is 342. The van der Waals surface area contributed by atoms with E-state index in [2.05, 4.69) is 0 Å². The maximum atomic E-state index is 10.7. The molecular formula is C18H36O7Si. The van der Waals surface area contributed by atoms with Crippen molar-refractivity contribution >= 4 is 8.80 Å². The van der Waals surface area contributed by atoms with Gasteiger partial charge >= 0.3 is 8.80 Å². The minimum atomic E-state index is -2.99. The highest BCUT2D eigenvalue weighted by Crippen LogP contribution is 2.34. The number of ether oxygens (including phenoxy) is 4. The van der Waals surface area contributed by atoms with Gasteiger partial charge in [-0.1, -0.05) is 25.7 Å². The van der Waals surface area contributed by atoms with E-state index in [1.807, 2.05) is 0 Å². The second-order valence-corrected chi connectivity index (χ2v) is 9.35. The van der Waals surface area contributed by atoms with Crippen LogP contribution in [0.3, 0.4) is 0 Å². The molecule has 7 nitrogen and oxygen atoms in total. The molecule has 0 spiro atoms. The maximum absolute atomic E-state index is 10.7. The molecule has 1 aliphatic heterocycles. The molecule has 0 amide bonds. The molecule has 1 heterocycles. The van der Waals surface area contributed by atoms with E-state index >= 15 is 0 Å². The van der Waals surface area contributed by atoms with Gasteiger partial charge in [-0.2, -0.15) is 0 Å². The van der Waals surface area contributed by atoms with Crippen molar-refractivity contribution in [1.82, 2.24) is 0 Å². The molecule has 2 rings (SSSR count). The van der Waals surface area contributed by atoms with Crippen molar-refractivity contribution in [1.29, 1.82) is 0 Å². The fraction of sp³-hybridized carbons (Fsp3) is 1.00. The minimum absolute atomic E-state index is 0.104. The lowest BCUT2D eigenvalue weighted by Crippen LogP contribution is -2.38. The lowest BCUT2D eigenvalue weighted by molar-refractivity contribution is 0.00346. The van der Waals surface area contributed by atoms with Crippen LogP contribution >= 0.6 is 0 Å². The van der Waals surface area contributed by atoms with E-state index in [-0.39, 0.29) is 12.2 Å². The van der Waals surface area contributed by atoms with Crippen LogP contribution in [0.2, 0.25) is 6.04 Å². The van der Waals surface area contributed by atoms with Gasteiger partial charge < -0.3 is 32.6 Å². The normalized spacial score (nSPS) is 29.3. The van der Waals surface area contributed by atoms with Crippen LogP contribution in [0.1, 0.15) is 44.9 Å². The van der Waals surface area contributed by atoms with Gasteiger partial charge in [-0.15, -0.1) is 0 Å². The van der Waals surface area contributed by atoms with E-state index < -0.39 is 8.80 Å². The summed E-state index contributed by atoms with van der Waals surface area (Å²) >= 11 is 0. The van der Waals surface area contributed by atoms with Crippen LogP contribution in [0.15, 0.2) is 0 Å². The Labute approximate surface area is 158 Å². The van der Waals surface area contributed by atoms with Crippen LogP contribution in [-0.4, -0.2) is 79.2 Å². The molecule has 0 radical (unpaired) electrons. The molecule has 0 aromatic rings. The lowest BCUT2D eigenvalue weighted by Gasteiger charge is -2.19. The van der Waals surface area contributed by atoms with Crippen molar-refractivity contribution in [3.63, 3.8) is 0 Å². The Morgan fingerprint density at radius 3 is 1.81 bits per heavy atom. The second-order valence-electron chi connectivity index (χ2n) is 6.95. The molecule has 1 aliphatic carbocycles. The highest BCUT2D eigenvalue weighted by molar-refractivity contribution is 6.59. The Kier molecular flexibility index (Phi) is 11.3. The van der Waals surface area contributed by atoms with E-state index in [1.165, 1.54) is 25.7 Å². The molecular weight excluding hydrogens is 356 g/mol. The molecule has 154 valence electrons. The lowest BCUT2D eigenvalue weighted by atomic mass is 9.96. The van der Waals surface area contributed by atoms with Crippen molar-refractivity contribution in [2.75, 3.05) is 53.4 Å². The van der Waals surface area contributed by atoms with Gasteiger partial charge in [-0.25, -0.2) is 0 Å². The molecule has 0 bridgehead atoms. The fourth-order valence-electron chi connectivity index (χ4n) is 3.39. The predicted molar refractivity (Wildman–Crippen MR) is 99.2 cm³/mol. The molecule has 1 saturated heterocycles. The molecule has 26 heavy (non-hydrogen) atoms. The number of methoxy groups -OCH3 is 1. The number of fused-ring (bicyclic) bond motifs is 1. The molecule has 1 saturated carbocycles. The van der Waals surface area contributed by atoms with Gasteiger partial charge in [0.1, 0.15) is 0 Å². The summed E-state index contributed by atoms with van der Waals surface area (Å²) in [5.74, 6) is 0. The van der Waals surface area contributed by atoms with E-state index in [4.69, 9.17) is 27.8 Å². The van der Waals surface area contributed by atoms with Gasteiger partial charge in [-0.05, 0) is 19.3 Å². The van der Waals surface area contributed by atoms with E-state index in [0.29, 0.717) is 52.3 Å². The first kappa shape index (κ1) is 22.2. The summed E-state index contributed by atoms with van der Waals surface area (Å²) in [7, 11) is -1.34. The average molecular weight is 393 g/mol. The molecule has 2 fully saturated rings. The standard InChI is InChI=1S/C18H36O7Si/c1-20-10-11-22-14-15-23-13-12-21-9-6-16-26(19)24-17-7-4-2-3-5-8-18(17)25-26/h17-19H,2-16H2,1H3. The first-order valence-corrected chi connectivity index (χ1v) is 12.0. The molecule has 2 atom stereocenters. The first-order chi connectivity index (χ1) is 12.7. The third kappa shape index (κ3) is 8.75. The quantitative estimate of drug-likeness (QED) is 0.380. The third-order valence-corrected chi connectivity index (χ3v) is 7.10. The summed E-state index contributed by atoms with van der Waals surface area (Å²) < 4.78 is 33.1. The Morgan fingerprint density at radius 2 is 1.27 bits per heavy atom. The zero-order valence-corrected chi connectivity index (χ0v) is 17.2. The van der Waals surface area contributed by atoms with Crippen LogP contribution in [0.4, 0.5) is 0 Å². The molecule has 0 aromatic heterocycles. The molecule has 0 aromatic carbocycles. The van der Waals surface area contributed by atoms with Crippen LogP contribution in [0, 0.1) is 0 Å². The van der Waals surface area contributed by atoms with Gasteiger partial charge in [-0.3, -0.25) is 0 Å². The van der Waals surface area contributed by atoms with Gasteiger partial charge in [0.15, 0.2) is 0 Å². The summed E-state index contributed by atoms with van der Waals surface area (Å²) in [5, 5.41) is 0. The van der Waals surface area contributed by atoms with E-state index in [0.717, 1.165) is 19.3 Å². The molecule has 1 N–H and O–H groups in total. The summed E-state index contributed by atoms with van der Waals surface area (Å²) in [6.45, 7) is 4.01. The minimum Gasteiger partial charge on any atom is -0.390 e. The Balaban J connectivity index is 1.44. The van der Waals surface area contributed by atoms with E-state index in [1.54, 1.807) is 7.11 Å². The smallest absolute Gasteiger partial charge is 0.390 e. The summed E-state index contributed by atoms with van der Waals surface area (Å²) in [5.41, 5.74) is 0. The van der Waals surface area contributed by atoms with Crippen LogP contribution in [-0.2, 0) is 27.8 Å². The van der Waals surface area contributed by atoms with Gasteiger partial charge in [0, 0.05) is 19.8 Å². The highest BCUT2D eigenvalue weighted by Gasteiger charge is 2.50. The van der Waals surface area contributed by atoms with Gasteiger partial charge in [0.2, 0.25) is 0 Å². The second kappa shape index (κ2) is 13.2. The maximum Gasteiger partial charge on any atom is 0.498 e. The third-order valence-electron chi connectivity index (χ3n) is 4.77. The van der Waals surface area contributed by atoms with Gasteiger partial charge in [0.25, 0.3) is 0 Å². The van der Waals surface area contributed by atoms with Gasteiger partial charge in [0.05, 0.1) is 51.8 Å². The monoisotopic (exact) mass is 392 g/mol. The van der Waals surface area contributed by atoms with Crippen molar-refractivity contribution in [3.8, 4) is 0 Å². The predicted octanol–water partition coefficient (Wildman–Crippen LogP) is 2.14. The fourth-order valence-corrected chi connectivity index (χ4v) is 5.75. The SMILES string of the molecule is COCCOCCOCCOCCC[Si]1(O)OC2CCCCCCC2O1. The zero-order chi connectivity index (χ0) is 18.5. The number of hydrogen-bond acceptors (Lipinski definition) is 7. The topological polar surface area (TPSA) is 75.6 Å².